The number of rotatable bonds is 9. The summed E-state index contributed by atoms with van der Waals surface area (Å²) < 4.78 is 27.3. The molecule has 0 aliphatic heterocycles. The molecule has 2 N–H and O–H groups in total. The number of thiophene rings is 1. The van der Waals surface area contributed by atoms with Gasteiger partial charge in [0.15, 0.2) is 0 Å². The van der Waals surface area contributed by atoms with E-state index in [1.165, 1.54) is 11.3 Å². The van der Waals surface area contributed by atoms with Gasteiger partial charge in [0.05, 0.1) is 0 Å². The van der Waals surface area contributed by atoms with Gasteiger partial charge in [0.1, 0.15) is 4.21 Å². The first-order valence-electron chi connectivity index (χ1n) is 6.21. The molecule has 0 amide bonds. The molecule has 110 valence electrons. The van der Waals surface area contributed by atoms with Crippen LogP contribution in [0.15, 0.2) is 16.3 Å². The van der Waals surface area contributed by atoms with E-state index in [1.807, 2.05) is 26.3 Å². The molecule has 1 unspecified atom stereocenters. The van der Waals surface area contributed by atoms with Crippen LogP contribution in [-0.2, 0) is 16.4 Å². The Kier molecular flexibility index (Phi) is 7.38. The van der Waals surface area contributed by atoms with Crippen LogP contribution >= 0.6 is 23.1 Å². The van der Waals surface area contributed by atoms with Gasteiger partial charge in [0, 0.05) is 11.4 Å². The van der Waals surface area contributed by atoms with Crippen LogP contribution in [0.25, 0.3) is 0 Å². The minimum Gasteiger partial charge on any atom is -0.319 e. The summed E-state index contributed by atoms with van der Waals surface area (Å²) in [5, 5.41) is 3.06. The number of sulfonamides is 1. The number of hydrogen-bond acceptors (Lipinski definition) is 5. The van der Waals surface area contributed by atoms with Gasteiger partial charge in [0.2, 0.25) is 10.0 Å². The van der Waals surface area contributed by atoms with Crippen molar-refractivity contribution in [3.05, 3.63) is 17.0 Å². The first-order chi connectivity index (χ1) is 8.99. The predicted octanol–water partition coefficient (Wildman–Crippen LogP) is 1.79. The molecule has 0 saturated carbocycles. The monoisotopic (exact) mass is 322 g/mol. The third kappa shape index (κ3) is 5.83. The first kappa shape index (κ1) is 17.0. The highest BCUT2D eigenvalue weighted by molar-refractivity contribution is 7.98. The minimum absolute atomic E-state index is 0.341. The van der Waals surface area contributed by atoms with Crippen molar-refractivity contribution in [1.82, 2.24) is 10.0 Å². The van der Waals surface area contributed by atoms with Crippen molar-refractivity contribution < 1.29 is 8.42 Å². The number of likely N-dealkylation sites (N-methyl/N-ethyl adjacent to an activating group) is 1. The van der Waals surface area contributed by atoms with Gasteiger partial charge < -0.3 is 5.32 Å². The Hall–Kier alpha value is -0.0800. The van der Waals surface area contributed by atoms with Crippen molar-refractivity contribution in [1.29, 1.82) is 0 Å². The third-order valence-electron chi connectivity index (χ3n) is 2.60. The second kappa shape index (κ2) is 8.26. The fourth-order valence-corrected chi connectivity index (χ4v) is 4.80. The number of nitrogens with one attached hydrogen (secondary N) is 2. The van der Waals surface area contributed by atoms with E-state index in [-0.39, 0.29) is 0 Å². The van der Waals surface area contributed by atoms with Crippen LogP contribution in [-0.4, -0.2) is 40.6 Å². The fraction of sp³-hybridized carbons (Fsp3) is 0.667. The van der Waals surface area contributed by atoms with Crippen LogP contribution in [0.2, 0.25) is 0 Å². The van der Waals surface area contributed by atoms with E-state index in [0.29, 0.717) is 16.7 Å². The molecule has 0 aromatic carbocycles. The quantitative estimate of drug-likeness (QED) is 0.728. The molecule has 0 fully saturated rings. The van der Waals surface area contributed by atoms with E-state index < -0.39 is 10.0 Å². The summed E-state index contributed by atoms with van der Waals surface area (Å²) in [6.45, 7) is 3.40. The molecule has 0 spiro atoms. The maximum Gasteiger partial charge on any atom is 0.250 e. The van der Waals surface area contributed by atoms with E-state index in [2.05, 4.69) is 10.0 Å². The Bertz CT molecular complexity index is 471. The Morgan fingerprint density at radius 3 is 2.79 bits per heavy atom. The zero-order valence-electron chi connectivity index (χ0n) is 11.6. The Labute approximate surface area is 124 Å². The standard InChI is InChI=1S/C12H22N2O2S3/c1-10(9-17-3)8-14-19(15,16)12-5-4-11(18-12)6-7-13-2/h4-5,10,13-14H,6-9H2,1-3H3. The Balaban J connectivity index is 2.59. The van der Waals surface area contributed by atoms with E-state index >= 15 is 0 Å². The van der Waals surface area contributed by atoms with Crippen LogP contribution < -0.4 is 10.0 Å². The Morgan fingerprint density at radius 1 is 1.42 bits per heavy atom. The SMILES string of the molecule is CNCCc1ccc(S(=O)(=O)NCC(C)CSC)s1. The molecule has 7 heteroatoms. The summed E-state index contributed by atoms with van der Waals surface area (Å²) in [6.07, 6.45) is 2.89. The summed E-state index contributed by atoms with van der Waals surface area (Å²) >= 11 is 3.08. The summed E-state index contributed by atoms with van der Waals surface area (Å²) in [5.41, 5.74) is 0. The van der Waals surface area contributed by atoms with Crippen LogP contribution in [0.1, 0.15) is 11.8 Å². The van der Waals surface area contributed by atoms with Gasteiger partial charge in [-0.15, -0.1) is 11.3 Å². The van der Waals surface area contributed by atoms with E-state index in [4.69, 9.17) is 0 Å². The summed E-state index contributed by atoms with van der Waals surface area (Å²) in [7, 11) is -1.45. The maximum absolute atomic E-state index is 12.1. The van der Waals surface area contributed by atoms with Crippen molar-refractivity contribution in [2.24, 2.45) is 5.92 Å². The minimum atomic E-state index is -3.34. The zero-order valence-corrected chi connectivity index (χ0v) is 14.1. The summed E-state index contributed by atoms with van der Waals surface area (Å²) in [5.74, 6) is 1.30. The molecule has 1 atom stereocenters. The molecular formula is C12H22N2O2S3. The summed E-state index contributed by atoms with van der Waals surface area (Å²) in [6, 6.07) is 3.58. The molecule has 1 aromatic heterocycles. The molecule has 1 rings (SSSR count). The van der Waals surface area contributed by atoms with Crippen LogP contribution in [0, 0.1) is 5.92 Å². The number of hydrogen-bond donors (Lipinski definition) is 2. The van der Waals surface area contributed by atoms with Crippen molar-refractivity contribution in [2.75, 3.05) is 32.1 Å². The third-order valence-corrected chi connectivity index (χ3v) is 6.56. The second-order valence-electron chi connectivity index (χ2n) is 4.49. The van der Waals surface area contributed by atoms with Crippen LogP contribution in [0.5, 0.6) is 0 Å². The van der Waals surface area contributed by atoms with Crippen molar-refractivity contribution >= 4 is 33.1 Å². The fourth-order valence-electron chi connectivity index (χ4n) is 1.55. The van der Waals surface area contributed by atoms with Crippen LogP contribution in [0.4, 0.5) is 0 Å². The zero-order chi connectivity index (χ0) is 14.3. The largest absolute Gasteiger partial charge is 0.319 e. The average molecular weight is 323 g/mol. The highest BCUT2D eigenvalue weighted by atomic mass is 32.2. The Morgan fingerprint density at radius 2 is 2.16 bits per heavy atom. The van der Waals surface area contributed by atoms with Crippen LogP contribution in [0.3, 0.4) is 0 Å². The van der Waals surface area contributed by atoms with Gasteiger partial charge >= 0.3 is 0 Å². The van der Waals surface area contributed by atoms with Crippen molar-refractivity contribution in [2.45, 2.75) is 17.6 Å². The van der Waals surface area contributed by atoms with Crippen molar-refractivity contribution in [3.63, 3.8) is 0 Å². The molecular weight excluding hydrogens is 300 g/mol. The van der Waals surface area contributed by atoms with Crippen molar-refractivity contribution in [3.8, 4) is 0 Å². The topological polar surface area (TPSA) is 58.2 Å². The van der Waals surface area contributed by atoms with Gasteiger partial charge in [-0.2, -0.15) is 11.8 Å². The van der Waals surface area contributed by atoms with Gasteiger partial charge in [-0.3, -0.25) is 0 Å². The lowest BCUT2D eigenvalue weighted by Crippen LogP contribution is -2.28. The van der Waals surface area contributed by atoms with Gasteiger partial charge in [-0.05, 0) is 50.1 Å². The molecule has 0 radical (unpaired) electrons. The molecule has 1 aromatic rings. The first-order valence-corrected chi connectivity index (χ1v) is 9.91. The molecule has 0 aliphatic carbocycles. The molecule has 4 nitrogen and oxygen atoms in total. The molecule has 0 bridgehead atoms. The lowest BCUT2D eigenvalue weighted by molar-refractivity contribution is 0.564. The molecule has 19 heavy (non-hydrogen) atoms. The lowest BCUT2D eigenvalue weighted by Gasteiger charge is -2.10. The number of thioether (sulfide) groups is 1. The lowest BCUT2D eigenvalue weighted by atomic mass is 10.2. The maximum atomic E-state index is 12.1. The van der Waals surface area contributed by atoms with E-state index in [0.717, 1.165) is 23.6 Å². The summed E-state index contributed by atoms with van der Waals surface area (Å²) in [4.78, 5) is 1.09. The highest BCUT2D eigenvalue weighted by Gasteiger charge is 2.17. The van der Waals surface area contributed by atoms with E-state index in [1.54, 1.807) is 17.8 Å². The second-order valence-corrected chi connectivity index (χ2v) is 8.56. The molecule has 0 aliphatic rings. The van der Waals surface area contributed by atoms with Gasteiger partial charge in [-0.25, -0.2) is 13.1 Å². The molecule has 1 heterocycles. The smallest absolute Gasteiger partial charge is 0.250 e. The average Bonchev–Trinajstić information content (AvgIpc) is 2.84. The van der Waals surface area contributed by atoms with Gasteiger partial charge in [0.25, 0.3) is 0 Å². The van der Waals surface area contributed by atoms with Gasteiger partial charge in [-0.1, -0.05) is 6.92 Å². The highest BCUT2D eigenvalue weighted by Crippen LogP contribution is 2.21. The predicted molar refractivity (Wildman–Crippen MR) is 84.7 cm³/mol. The molecule has 0 saturated heterocycles. The van der Waals surface area contributed by atoms with E-state index in [9.17, 15) is 8.42 Å². The normalized spacial score (nSPS) is 13.6.